The molecule has 0 aliphatic carbocycles. The summed E-state index contributed by atoms with van der Waals surface area (Å²) < 4.78 is 16.8. The zero-order chi connectivity index (χ0) is 54.3. The molecule has 0 bridgehead atoms. The lowest BCUT2D eigenvalue weighted by molar-refractivity contribution is -0.166. The van der Waals surface area contributed by atoms with Gasteiger partial charge in [-0.25, -0.2) is 0 Å². The van der Waals surface area contributed by atoms with Gasteiger partial charge in [0.1, 0.15) is 13.2 Å². The lowest BCUT2D eigenvalue weighted by Crippen LogP contribution is -2.30. The Balaban J connectivity index is 4.58. The monoisotopic (exact) mass is 1030 g/mol. The minimum absolute atomic E-state index is 0.125. The minimum atomic E-state index is -0.832. The minimum Gasteiger partial charge on any atom is -0.462 e. The summed E-state index contributed by atoms with van der Waals surface area (Å²) in [5, 5.41) is 0. The Kier molecular flexibility index (Phi) is 58.0. The van der Waals surface area contributed by atoms with E-state index in [9.17, 15) is 14.4 Å². The molecule has 0 saturated carbocycles. The van der Waals surface area contributed by atoms with Crippen molar-refractivity contribution in [2.24, 2.45) is 0 Å². The molecule has 0 aromatic rings. The van der Waals surface area contributed by atoms with E-state index in [4.69, 9.17) is 14.2 Å². The molecule has 0 N–H and O–H groups in total. The third-order valence-electron chi connectivity index (χ3n) is 12.3. The Bertz CT molecular complexity index is 1660. The van der Waals surface area contributed by atoms with Crippen LogP contribution in [0.5, 0.6) is 0 Å². The molecule has 0 aliphatic rings. The van der Waals surface area contributed by atoms with Gasteiger partial charge in [0, 0.05) is 19.3 Å². The third-order valence-corrected chi connectivity index (χ3v) is 12.3. The molecule has 0 amide bonds. The fraction of sp³-hybridized carbons (Fsp3) is 0.609. The van der Waals surface area contributed by atoms with Gasteiger partial charge in [-0.2, -0.15) is 0 Å². The first-order chi connectivity index (χ1) is 37.0. The number of rotatable bonds is 53. The van der Waals surface area contributed by atoms with Crippen LogP contribution in [-0.4, -0.2) is 37.2 Å². The Labute approximate surface area is 461 Å². The molecule has 0 saturated heterocycles. The lowest BCUT2D eigenvalue weighted by atomic mass is 10.1. The number of esters is 3. The largest absolute Gasteiger partial charge is 0.462 e. The molecule has 0 radical (unpaired) electrons. The third kappa shape index (κ3) is 60.0. The van der Waals surface area contributed by atoms with Crippen molar-refractivity contribution >= 4 is 17.9 Å². The highest BCUT2D eigenvalue weighted by molar-refractivity contribution is 5.71. The Morgan fingerprint density at radius 1 is 0.280 bits per heavy atom. The van der Waals surface area contributed by atoms with Crippen molar-refractivity contribution in [3.63, 3.8) is 0 Å². The summed E-state index contributed by atoms with van der Waals surface area (Å²) in [6.45, 7) is 6.37. The maximum atomic E-state index is 12.9. The number of ether oxygens (including phenoxy) is 3. The summed E-state index contributed by atoms with van der Waals surface area (Å²) >= 11 is 0. The highest BCUT2D eigenvalue weighted by Gasteiger charge is 2.19. The maximum absolute atomic E-state index is 12.9. The Morgan fingerprint density at radius 3 is 0.907 bits per heavy atom. The quantitative estimate of drug-likeness (QED) is 0.0261. The number of carbonyl (C=O) groups is 3. The highest BCUT2D eigenvalue weighted by atomic mass is 16.6. The topological polar surface area (TPSA) is 78.9 Å². The van der Waals surface area contributed by atoms with Gasteiger partial charge in [0.15, 0.2) is 6.10 Å². The molecule has 0 spiro atoms. The molecule has 422 valence electrons. The molecule has 75 heavy (non-hydrogen) atoms. The van der Waals surface area contributed by atoms with Crippen LogP contribution >= 0.6 is 0 Å². The summed E-state index contributed by atoms with van der Waals surface area (Å²) in [6.07, 6.45) is 88.5. The van der Waals surface area contributed by atoms with Crippen LogP contribution < -0.4 is 0 Å². The summed E-state index contributed by atoms with van der Waals surface area (Å²) in [4.78, 5) is 38.2. The van der Waals surface area contributed by atoms with Gasteiger partial charge < -0.3 is 14.2 Å². The molecule has 0 aliphatic heterocycles. The molecule has 0 heterocycles. The van der Waals surface area contributed by atoms with E-state index >= 15 is 0 Å². The number of hydrogen-bond donors (Lipinski definition) is 0. The van der Waals surface area contributed by atoms with E-state index < -0.39 is 6.10 Å². The fourth-order valence-electron chi connectivity index (χ4n) is 7.78. The van der Waals surface area contributed by atoms with E-state index in [1.54, 1.807) is 0 Å². The van der Waals surface area contributed by atoms with Crippen LogP contribution in [0.25, 0.3) is 0 Å². The summed E-state index contributed by atoms with van der Waals surface area (Å²) in [5.41, 5.74) is 0. The molecule has 6 heteroatoms. The van der Waals surface area contributed by atoms with Crippen molar-refractivity contribution in [2.75, 3.05) is 13.2 Å². The van der Waals surface area contributed by atoms with Gasteiger partial charge in [0.05, 0.1) is 0 Å². The van der Waals surface area contributed by atoms with Gasteiger partial charge >= 0.3 is 17.9 Å². The van der Waals surface area contributed by atoms with Gasteiger partial charge in [0.2, 0.25) is 0 Å². The first kappa shape index (κ1) is 70.3. The molecule has 0 aromatic carbocycles. The molecule has 0 fully saturated rings. The van der Waals surface area contributed by atoms with Crippen molar-refractivity contribution in [1.29, 1.82) is 0 Å². The summed E-state index contributed by atoms with van der Waals surface area (Å²) in [7, 11) is 0. The fourth-order valence-corrected chi connectivity index (χ4v) is 7.78. The van der Waals surface area contributed by atoms with Crippen LogP contribution in [-0.2, 0) is 28.6 Å². The predicted octanol–water partition coefficient (Wildman–Crippen LogP) is 20.8. The van der Waals surface area contributed by atoms with Crippen LogP contribution in [0, 0.1) is 0 Å². The number of hydrogen-bond acceptors (Lipinski definition) is 6. The van der Waals surface area contributed by atoms with Crippen LogP contribution in [0.3, 0.4) is 0 Å². The van der Waals surface area contributed by atoms with Gasteiger partial charge in [0.25, 0.3) is 0 Å². The second-order valence-electron chi connectivity index (χ2n) is 19.5. The number of unbranched alkanes of at least 4 members (excludes halogenated alkanes) is 18. The van der Waals surface area contributed by atoms with Crippen molar-refractivity contribution in [3.8, 4) is 0 Å². The molecule has 0 unspecified atom stereocenters. The van der Waals surface area contributed by atoms with Crippen LogP contribution in [0.1, 0.15) is 252 Å². The van der Waals surface area contributed by atoms with E-state index in [-0.39, 0.29) is 37.5 Å². The normalized spacial score (nSPS) is 13.2. The predicted molar refractivity (Wildman–Crippen MR) is 325 cm³/mol. The molecular weight excluding hydrogens is 925 g/mol. The van der Waals surface area contributed by atoms with Crippen molar-refractivity contribution in [3.05, 3.63) is 146 Å². The zero-order valence-corrected chi connectivity index (χ0v) is 48.3. The van der Waals surface area contributed by atoms with E-state index in [0.717, 1.165) is 109 Å². The van der Waals surface area contributed by atoms with Gasteiger partial charge in [-0.15, -0.1) is 0 Å². The van der Waals surface area contributed by atoms with E-state index in [1.807, 2.05) is 6.08 Å². The van der Waals surface area contributed by atoms with Crippen LogP contribution in [0.2, 0.25) is 0 Å². The Hall–Kier alpha value is -4.71. The summed E-state index contributed by atoms with van der Waals surface area (Å²) in [5.74, 6) is -1.05. The SMILES string of the molecule is CC/C=C\C/C=C\C/C=C\C/C=C\C/C=C\CCCCCC(=O)OC[C@H](COC(=O)CC/C=C\C/C=C\C/C=C\C/C=C\C/C=C\CCCCC)OC(=O)CCCCCCCCCCC/C=C\C/C=C\CCCCC. The van der Waals surface area contributed by atoms with Gasteiger partial charge in [-0.1, -0.05) is 244 Å². The zero-order valence-electron chi connectivity index (χ0n) is 48.3. The van der Waals surface area contributed by atoms with Crippen molar-refractivity contribution < 1.29 is 28.6 Å². The van der Waals surface area contributed by atoms with E-state index in [2.05, 4.69) is 161 Å². The van der Waals surface area contributed by atoms with Crippen LogP contribution in [0.4, 0.5) is 0 Å². The average Bonchev–Trinajstić information content (AvgIpc) is 3.41. The number of carbonyl (C=O) groups excluding carboxylic acids is 3. The molecule has 0 aromatic heterocycles. The number of allylic oxidation sites excluding steroid dienone is 24. The standard InChI is InChI=1S/C69H110O6/c1-4-7-10-13-16-19-22-25-28-31-34-37-40-43-46-49-52-55-58-61-67(70)73-64-66(75-69(72)63-60-57-54-51-48-45-42-39-36-33-30-27-24-21-18-15-12-9-6-3)65-74-68(71)62-59-56-53-50-47-44-41-38-35-32-29-26-23-20-17-14-11-8-5-2/h7,10,16-21,25-30,34-35,37-38,43-44,46-47,53,56,66H,4-6,8-9,11-15,22-24,31-33,36,39-42,45,48-52,54-55,57-65H2,1-3H3/b10-7-,19-16-,20-17-,21-18-,28-25-,29-26-,30-27-,37-34-,38-35-,46-43-,47-44-,56-53-/t66-/m1/s1. The lowest BCUT2D eigenvalue weighted by Gasteiger charge is -2.18. The van der Waals surface area contributed by atoms with Crippen molar-refractivity contribution in [2.45, 2.75) is 258 Å². The first-order valence-electron chi connectivity index (χ1n) is 30.3. The second kappa shape index (κ2) is 61.8. The second-order valence-corrected chi connectivity index (χ2v) is 19.5. The molecule has 0 rings (SSSR count). The van der Waals surface area contributed by atoms with E-state index in [0.29, 0.717) is 19.3 Å². The molecular formula is C69H110O6. The van der Waals surface area contributed by atoms with E-state index in [1.165, 1.54) is 96.3 Å². The van der Waals surface area contributed by atoms with Crippen molar-refractivity contribution in [1.82, 2.24) is 0 Å². The summed E-state index contributed by atoms with van der Waals surface area (Å²) in [6, 6.07) is 0. The highest BCUT2D eigenvalue weighted by Crippen LogP contribution is 2.14. The molecule has 1 atom stereocenters. The average molecular weight is 1040 g/mol. The Morgan fingerprint density at radius 2 is 0.547 bits per heavy atom. The van der Waals surface area contributed by atoms with Crippen LogP contribution in [0.15, 0.2) is 146 Å². The molecule has 6 nitrogen and oxygen atoms in total. The smallest absolute Gasteiger partial charge is 0.306 e. The van der Waals surface area contributed by atoms with Gasteiger partial charge in [-0.3, -0.25) is 14.4 Å². The maximum Gasteiger partial charge on any atom is 0.306 e. The van der Waals surface area contributed by atoms with Gasteiger partial charge in [-0.05, 0) is 135 Å². The first-order valence-corrected chi connectivity index (χ1v) is 30.3.